The van der Waals surface area contributed by atoms with Gasteiger partial charge in [0.15, 0.2) is 11.5 Å². The van der Waals surface area contributed by atoms with Gasteiger partial charge < -0.3 is 9.47 Å². The SMILES string of the molecule is COc1cc(/C=C2/SC(=O)N(c3ccc(Cl)cc3)C2=O)ccc1Oc1ccc([N+](=O)[O-])cn1. The molecule has 9 nitrogen and oxygen atoms in total. The number of imide groups is 1. The molecular formula is C22H14ClN3O6S. The quantitative estimate of drug-likeness (QED) is 0.250. The molecule has 4 rings (SSSR count). The van der Waals surface area contributed by atoms with Gasteiger partial charge in [-0.15, -0.1) is 0 Å². The Labute approximate surface area is 196 Å². The normalized spacial score (nSPS) is 14.6. The molecule has 11 heteroatoms. The van der Waals surface area contributed by atoms with E-state index in [9.17, 15) is 19.7 Å². The lowest BCUT2D eigenvalue weighted by atomic mass is 10.2. The van der Waals surface area contributed by atoms with Crippen molar-refractivity contribution < 1.29 is 24.0 Å². The summed E-state index contributed by atoms with van der Waals surface area (Å²) in [6.45, 7) is 0. The summed E-state index contributed by atoms with van der Waals surface area (Å²) in [6, 6.07) is 14.0. The molecule has 2 aromatic carbocycles. The van der Waals surface area contributed by atoms with Crippen LogP contribution in [0.5, 0.6) is 17.4 Å². The van der Waals surface area contributed by atoms with Crippen molar-refractivity contribution in [3.8, 4) is 17.4 Å². The highest BCUT2D eigenvalue weighted by Gasteiger charge is 2.36. The van der Waals surface area contributed by atoms with Gasteiger partial charge in [-0.3, -0.25) is 19.7 Å². The van der Waals surface area contributed by atoms with E-state index in [1.54, 1.807) is 48.5 Å². The van der Waals surface area contributed by atoms with E-state index in [0.29, 0.717) is 27.8 Å². The number of carbonyl (C=O) groups excluding carboxylic acids is 2. The number of anilines is 1. The predicted octanol–water partition coefficient (Wildman–Crippen LogP) is 5.69. The maximum absolute atomic E-state index is 12.8. The van der Waals surface area contributed by atoms with Gasteiger partial charge in [0.05, 0.1) is 22.6 Å². The van der Waals surface area contributed by atoms with Crippen molar-refractivity contribution in [1.82, 2.24) is 4.98 Å². The zero-order valence-electron chi connectivity index (χ0n) is 16.9. The number of benzene rings is 2. The molecule has 1 aliphatic heterocycles. The monoisotopic (exact) mass is 483 g/mol. The predicted molar refractivity (Wildman–Crippen MR) is 124 cm³/mol. The number of aromatic nitrogens is 1. The zero-order chi connectivity index (χ0) is 23.5. The van der Waals surface area contributed by atoms with Crippen LogP contribution in [0.25, 0.3) is 6.08 Å². The summed E-state index contributed by atoms with van der Waals surface area (Å²) in [5, 5.41) is 10.8. The maximum Gasteiger partial charge on any atom is 0.298 e. The van der Waals surface area contributed by atoms with Gasteiger partial charge in [0.2, 0.25) is 5.88 Å². The third-order valence-electron chi connectivity index (χ3n) is 4.51. The van der Waals surface area contributed by atoms with Crippen LogP contribution in [0.15, 0.2) is 65.7 Å². The Bertz CT molecular complexity index is 1280. The highest BCUT2D eigenvalue weighted by Crippen LogP contribution is 2.38. The van der Waals surface area contributed by atoms with Gasteiger partial charge >= 0.3 is 0 Å². The van der Waals surface area contributed by atoms with E-state index in [0.717, 1.165) is 22.9 Å². The number of hydrogen-bond acceptors (Lipinski definition) is 8. The zero-order valence-corrected chi connectivity index (χ0v) is 18.5. The van der Waals surface area contributed by atoms with E-state index in [1.807, 2.05) is 0 Å². The lowest BCUT2D eigenvalue weighted by Gasteiger charge is -2.12. The van der Waals surface area contributed by atoms with Crippen LogP contribution >= 0.6 is 23.4 Å². The molecule has 1 saturated heterocycles. The number of nitro groups is 1. The molecule has 2 heterocycles. The first-order chi connectivity index (χ1) is 15.9. The number of nitrogens with zero attached hydrogens (tertiary/aromatic N) is 3. The van der Waals surface area contributed by atoms with Gasteiger partial charge in [-0.2, -0.15) is 0 Å². The maximum atomic E-state index is 12.8. The van der Waals surface area contributed by atoms with Crippen molar-refractivity contribution in [3.63, 3.8) is 0 Å². The second kappa shape index (κ2) is 9.31. The van der Waals surface area contributed by atoms with Crippen LogP contribution in [0.3, 0.4) is 0 Å². The first kappa shape index (κ1) is 22.3. The summed E-state index contributed by atoms with van der Waals surface area (Å²) in [6.07, 6.45) is 2.67. The van der Waals surface area contributed by atoms with Crippen molar-refractivity contribution in [2.24, 2.45) is 0 Å². The van der Waals surface area contributed by atoms with Gasteiger partial charge in [0.25, 0.3) is 16.8 Å². The Morgan fingerprint density at radius 1 is 1.09 bits per heavy atom. The van der Waals surface area contributed by atoms with Gasteiger partial charge in [0.1, 0.15) is 6.20 Å². The van der Waals surface area contributed by atoms with Gasteiger partial charge in [0, 0.05) is 17.2 Å². The van der Waals surface area contributed by atoms with Crippen LogP contribution in [-0.2, 0) is 4.79 Å². The summed E-state index contributed by atoms with van der Waals surface area (Å²) in [5.74, 6) is 0.378. The van der Waals surface area contributed by atoms with E-state index in [1.165, 1.54) is 19.2 Å². The average Bonchev–Trinajstić information content (AvgIpc) is 3.08. The average molecular weight is 484 g/mol. The van der Waals surface area contributed by atoms with Crippen molar-refractivity contribution in [3.05, 3.63) is 86.4 Å². The first-order valence-corrected chi connectivity index (χ1v) is 10.5. The summed E-state index contributed by atoms with van der Waals surface area (Å²) in [7, 11) is 1.45. The molecule has 0 atom stereocenters. The van der Waals surface area contributed by atoms with Crippen LogP contribution in [0.4, 0.5) is 16.2 Å². The fraction of sp³-hybridized carbons (Fsp3) is 0.0455. The third-order valence-corrected chi connectivity index (χ3v) is 5.63. The number of rotatable bonds is 6. The minimum Gasteiger partial charge on any atom is -0.493 e. The minimum absolute atomic E-state index is 0.149. The Morgan fingerprint density at radius 3 is 2.48 bits per heavy atom. The molecule has 0 radical (unpaired) electrons. The minimum atomic E-state index is -0.555. The number of hydrogen-bond donors (Lipinski definition) is 0. The van der Waals surface area contributed by atoms with Gasteiger partial charge in [-0.1, -0.05) is 17.7 Å². The summed E-state index contributed by atoms with van der Waals surface area (Å²) >= 11 is 6.71. The number of pyridine rings is 1. The molecule has 166 valence electrons. The van der Waals surface area contributed by atoms with E-state index < -0.39 is 16.1 Å². The fourth-order valence-corrected chi connectivity index (χ4v) is 3.91. The molecular weight excluding hydrogens is 470 g/mol. The standard InChI is InChI=1S/C22H14ClN3O6S/c1-31-18-10-13(2-8-17(18)32-20-9-7-16(12-24-20)26(29)30)11-19-21(27)25(22(28)33-19)15-5-3-14(23)4-6-15/h2-12H,1H3/b19-11+. The van der Waals surface area contributed by atoms with Crippen LogP contribution in [0, 0.1) is 10.1 Å². The number of halogens is 1. The summed E-state index contributed by atoms with van der Waals surface area (Å²) in [5.41, 5.74) is 0.886. The van der Waals surface area contributed by atoms with Crippen molar-refractivity contribution in [1.29, 1.82) is 0 Å². The largest absolute Gasteiger partial charge is 0.493 e. The van der Waals surface area contributed by atoms with E-state index in [2.05, 4.69) is 4.98 Å². The van der Waals surface area contributed by atoms with Crippen LogP contribution in [0.1, 0.15) is 5.56 Å². The molecule has 33 heavy (non-hydrogen) atoms. The van der Waals surface area contributed by atoms with Crippen LogP contribution in [-0.4, -0.2) is 28.2 Å². The fourth-order valence-electron chi connectivity index (χ4n) is 2.94. The molecule has 2 amide bonds. The molecule has 0 spiro atoms. The summed E-state index contributed by atoms with van der Waals surface area (Å²) < 4.78 is 11.0. The molecule has 0 unspecified atom stereocenters. The molecule has 1 aromatic heterocycles. The molecule has 0 aliphatic carbocycles. The van der Waals surface area contributed by atoms with Crippen molar-refractivity contribution in [2.75, 3.05) is 12.0 Å². The second-order valence-electron chi connectivity index (χ2n) is 6.62. The van der Waals surface area contributed by atoms with Crippen LogP contribution < -0.4 is 14.4 Å². The molecule has 3 aromatic rings. The molecule has 0 saturated carbocycles. The topological polar surface area (TPSA) is 112 Å². The van der Waals surface area contributed by atoms with Crippen molar-refractivity contribution in [2.45, 2.75) is 0 Å². The number of amides is 2. The van der Waals surface area contributed by atoms with Gasteiger partial charge in [-0.25, -0.2) is 9.88 Å². The highest BCUT2D eigenvalue weighted by molar-refractivity contribution is 8.19. The number of methoxy groups -OCH3 is 1. The Kier molecular flexibility index (Phi) is 6.29. The molecule has 1 fully saturated rings. The summed E-state index contributed by atoms with van der Waals surface area (Å²) in [4.78, 5) is 40.7. The second-order valence-corrected chi connectivity index (χ2v) is 8.05. The Hall–Kier alpha value is -3.89. The third kappa shape index (κ3) is 4.81. The number of ether oxygens (including phenoxy) is 2. The number of thioether (sulfide) groups is 1. The van der Waals surface area contributed by atoms with Crippen molar-refractivity contribution >= 4 is 52.0 Å². The molecule has 1 aliphatic rings. The van der Waals surface area contributed by atoms with Gasteiger partial charge in [-0.05, 0) is 59.8 Å². The molecule has 0 bridgehead atoms. The van der Waals surface area contributed by atoms with Crippen LogP contribution in [0.2, 0.25) is 5.02 Å². The smallest absolute Gasteiger partial charge is 0.298 e. The van der Waals surface area contributed by atoms with E-state index >= 15 is 0 Å². The Morgan fingerprint density at radius 2 is 1.85 bits per heavy atom. The lowest BCUT2D eigenvalue weighted by molar-refractivity contribution is -0.385. The lowest BCUT2D eigenvalue weighted by Crippen LogP contribution is -2.27. The highest BCUT2D eigenvalue weighted by atomic mass is 35.5. The number of carbonyl (C=O) groups is 2. The first-order valence-electron chi connectivity index (χ1n) is 9.35. The van der Waals surface area contributed by atoms with E-state index in [4.69, 9.17) is 21.1 Å². The molecule has 0 N–H and O–H groups in total. The Balaban J connectivity index is 1.56. The van der Waals surface area contributed by atoms with E-state index in [-0.39, 0.29) is 16.5 Å².